The number of hydrogen-bond donors (Lipinski definition) is 1. The number of aryl methyl sites for hydroxylation is 2. The molecule has 0 aliphatic carbocycles. The summed E-state index contributed by atoms with van der Waals surface area (Å²) in [5.41, 5.74) is 4.23. The molecule has 0 saturated carbocycles. The molecular formula is C24H23N3O3S2. The predicted molar refractivity (Wildman–Crippen MR) is 132 cm³/mol. The molecule has 2 aliphatic heterocycles. The lowest BCUT2D eigenvalue weighted by Gasteiger charge is -2.18. The Balaban J connectivity index is 1.66. The number of nitrogens with zero attached hydrogens (tertiary/aromatic N) is 2. The van der Waals surface area contributed by atoms with Crippen LogP contribution >= 0.6 is 24.0 Å². The average molecular weight is 466 g/mol. The zero-order valence-corrected chi connectivity index (χ0v) is 19.7. The van der Waals surface area contributed by atoms with Gasteiger partial charge in [0.05, 0.1) is 16.2 Å². The van der Waals surface area contributed by atoms with Crippen LogP contribution in [0.2, 0.25) is 0 Å². The van der Waals surface area contributed by atoms with Gasteiger partial charge in [0, 0.05) is 17.8 Å². The molecule has 3 amide bonds. The summed E-state index contributed by atoms with van der Waals surface area (Å²) in [6.45, 7) is 6.18. The second-order valence-electron chi connectivity index (χ2n) is 7.75. The second kappa shape index (κ2) is 8.88. The van der Waals surface area contributed by atoms with Crippen molar-refractivity contribution >= 4 is 63.0 Å². The van der Waals surface area contributed by atoms with Crippen molar-refractivity contribution in [1.82, 2.24) is 4.90 Å². The van der Waals surface area contributed by atoms with Crippen molar-refractivity contribution in [3.05, 3.63) is 64.1 Å². The Kier molecular flexibility index (Phi) is 6.17. The third-order valence-corrected chi connectivity index (χ3v) is 6.94. The molecule has 4 rings (SSSR count). The van der Waals surface area contributed by atoms with E-state index in [9.17, 15) is 14.4 Å². The molecule has 2 aliphatic rings. The number of rotatable bonds is 5. The summed E-state index contributed by atoms with van der Waals surface area (Å²) in [7, 11) is 0. The zero-order valence-electron chi connectivity index (χ0n) is 18.1. The average Bonchev–Trinajstić information content (AvgIpc) is 3.19. The van der Waals surface area contributed by atoms with Gasteiger partial charge in [-0.1, -0.05) is 67.3 Å². The Hall–Kier alpha value is -2.97. The van der Waals surface area contributed by atoms with Gasteiger partial charge >= 0.3 is 0 Å². The van der Waals surface area contributed by atoms with E-state index in [0.717, 1.165) is 35.0 Å². The van der Waals surface area contributed by atoms with Gasteiger partial charge in [-0.25, -0.2) is 0 Å². The third-order valence-electron chi connectivity index (χ3n) is 5.49. The lowest BCUT2D eigenvalue weighted by Crippen LogP contribution is -2.36. The van der Waals surface area contributed by atoms with Crippen LogP contribution in [0.1, 0.15) is 30.0 Å². The fraction of sp³-hybridized carbons (Fsp3) is 0.250. The number of thioether (sulfide) groups is 1. The zero-order chi connectivity index (χ0) is 23.0. The minimum absolute atomic E-state index is 0.150. The molecule has 8 heteroatoms. The largest absolute Gasteiger partial charge is 0.324 e. The summed E-state index contributed by atoms with van der Waals surface area (Å²) in [4.78, 5) is 42.6. The topological polar surface area (TPSA) is 69.7 Å². The first-order chi connectivity index (χ1) is 15.3. The van der Waals surface area contributed by atoms with Gasteiger partial charge in [-0.2, -0.15) is 0 Å². The second-order valence-corrected chi connectivity index (χ2v) is 9.40. The van der Waals surface area contributed by atoms with Crippen molar-refractivity contribution < 1.29 is 14.4 Å². The molecule has 32 heavy (non-hydrogen) atoms. The Bertz CT molecular complexity index is 1170. The van der Waals surface area contributed by atoms with Gasteiger partial charge in [0.1, 0.15) is 10.9 Å². The maximum Gasteiger partial charge on any atom is 0.267 e. The molecule has 2 aromatic rings. The number of carbonyl (C=O) groups excluding carboxylic acids is 3. The monoisotopic (exact) mass is 465 g/mol. The van der Waals surface area contributed by atoms with E-state index in [0.29, 0.717) is 32.6 Å². The summed E-state index contributed by atoms with van der Waals surface area (Å²) < 4.78 is 0.454. The molecule has 0 radical (unpaired) electrons. The van der Waals surface area contributed by atoms with Gasteiger partial charge in [0.25, 0.3) is 11.8 Å². The van der Waals surface area contributed by atoms with Crippen LogP contribution in [0.3, 0.4) is 0 Å². The van der Waals surface area contributed by atoms with Gasteiger partial charge < -0.3 is 5.32 Å². The number of anilines is 2. The third kappa shape index (κ3) is 3.84. The molecule has 1 saturated heterocycles. The molecule has 1 N–H and O–H groups in total. The fourth-order valence-corrected chi connectivity index (χ4v) is 5.34. The minimum Gasteiger partial charge on any atom is -0.324 e. The molecule has 0 unspecified atom stereocenters. The van der Waals surface area contributed by atoms with Crippen molar-refractivity contribution in [3.63, 3.8) is 0 Å². The summed E-state index contributed by atoms with van der Waals surface area (Å²) in [6, 6.07) is 13.0. The maximum atomic E-state index is 13.4. The Morgan fingerprint density at radius 1 is 1.00 bits per heavy atom. The molecule has 1 fully saturated rings. The molecule has 2 heterocycles. The molecule has 6 nitrogen and oxygen atoms in total. The highest BCUT2D eigenvalue weighted by Gasteiger charge is 2.42. The van der Waals surface area contributed by atoms with E-state index in [4.69, 9.17) is 12.2 Å². The van der Waals surface area contributed by atoms with Crippen LogP contribution in [-0.2, 0) is 14.4 Å². The van der Waals surface area contributed by atoms with Gasteiger partial charge in [-0.05, 0) is 37.5 Å². The first-order valence-corrected chi connectivity index (χ1v) is 11.6. The van der Waals surface area contributed by atoms with E-state index in [2.05, 4.69) is 5.32 Å². The Morgan fingerprint density at radius 3 is 2.38 bits per heavy atom. The smallest absolute Gasteiger partial charge is 0.267 e. The number of para-hydroxylation sites is 2. The van der Waals surface area contributed by atoms with Gasteiger partial charge in [0.2, 0.25) is 5.91 Å². The van der Waals surface area contributed by atoms with Gasteiger partial charge in [-0.3, -0.25) is 24.2 Å². The number of fused-ring (bicyclic) bond motifs is 1. The van der Waals surface area contributed by atoms with Gasteiger partial charge in [0.15, 0.2) is 0 Å². The van der Waals surface area contributed by atoms with Crippen LogP contribution in [0.15, 0.2) is 47.4 Å². The Labute approximate surface area is 196 Å². The van der Waals surface area contributed by atoms with E-state index in [-0.39, 0.29) is 24.3 Å². The van der Waals surface area contributed by atoms with Crippen molar-refractivity contribution in [3.8, 4) is 0 Å². The van der Waals surface area contributed by atoms with Crippen LogP contribution in [-0.4, -0.2) is 40.0 Å². The molecule has 0 aromatic heterocycles. The van der Waals surface area contributed by atoms with Crippen LogP contribution in [0.25, 0.3) is 5.57 Å². The highest BCUT2D eigenvalue weighted by molar-refractivity contribution is 8.26. The highest BCUT2D eigenvalue weighted by atomic mass is 32.2. The number of benzene rings is 2. The Morgan fingerprint density at radius 2 is 1.69 bits per heavy atom. The summed E-state index contributed by atoms with van der Waals surface area (Å²) in [5.74, 6) is -0.910. The van der Waals surface area contributed by atoms with Crippen molar-refractivity contribution in [2.24, 2.45) is 0 Å². The molecule has 0 atom stereocenters. The number of amides is 3. The molecule has 0 bridgehead atoms. The highest BCUT2D eigenvalue weighted by Crippen LogP contribution is 2.44. The van der Waals surface area contributed by atoms with E-state index in [1.54, 1.807) is 12.1 Å². The molecule has 2 aromatic carbocycles. The first-order valence-electron chi connectivity index (χ1n) is 10.4. The number of nitrogens with one attached hydrogen (secondary N) is 1. The minimum atomic E-state index is -0.361. The van der Waals surface area contributed by atoms with Gasteiger partial charge in [-0.15, -0.1) is 0 Å². The lowest BCUT2D eigenvalue weighted by atomic mass is 10.1. The number of carbonyl (C=O) groups is 3. The SMILES string of the molecule is CCCN1C(=O)/C(=C2/C(=O)N(CC(=O)Nc3c(C)cccc3C)c3ccccc32)SC1=S. The van der Waals surface area contributed by atoms with Crippen LogP contribution < -0.4 is 10.2 Å². The fourth-order valence-electron chi connectivity index (χ4n) is 3.96. The van der Waals surface area contributed by atoms with Crippen LogP contribution in [0.4, 0.5) is 11.4 Å². The molecular weight excluding hydrogens is 442 g/mol. The van der Waals surface area contributed by atoms with Crippen molar-refractivity contribution in [2.75, 3.05) is 23.3 Å². The number of hydrogen-bond acceptors (Lipinski definition) is 5. The van der Waals surface area contributed by atoms with E-state index >= 15 is 0 Å². The van der Waals surface area contributed by atoms with E-state index in [1.807, 2.05) is 51.1 Å². The van der Waals surface area contributed by atoms with Crippen molar-refractivity contribution in [1.29, 1.82) is 0 Å². The van der Waals surface area contributed by atoms with Crippen molar-refractivity contribution in [2.45, 2.75) is 27.2 Å². The van der Waals surface area contributed by atoms with E-state index < -0.39 is 0 Å². The number of thiocarbonyl (C=S) groups is 1. The van der Waals surface area contributed by atoms with Crippen LogP contribution in [0.5, 0.6) is 0 Å². The first kappa shape index (κ1) is 22.2. The normalized spacial score (nSPS) is 17.9. The predicted octanol–water partition coefficient (Wildman–Crippen LogP) is 4.27. The summed E-state index contributed by atoms with van der Waals surface area (Å²) in [6.07, 6.45) is 0.768. The lowest BCUT2D eigenvalue weighted by molar-refractivity contribution is -0.122. The standard InChI is InChI=1S/C24H23N3O3S2/c1-4-12-26-23(30)21(32-24(26)31)19-16-10-5-6-11-17(16)27(22(19)29)13-18(28)25-20-14(2)8-7-9-15(20)3/h5-11H,4,12-13H2,1-3H3,(H,25,28)/b21-19-. The summed E-state index contributed by atoms with van der Waals surface area (Å²) >= 11 is 6.53. The van der Waals surface area contributed by atoms with E-state index in [1.165, 1.54) is 9.80 Å². The molecule has 164 valence electrons. The maximum absolute atomic E-state index is 13.4. The molecule has 0 spiro atoms. The quantitative estimate of drug-likeness (QED) is 0.528. The summed E-state index contributed by atoms with van der Waals surface area (Å²) in [5, 5.41) is 2.93. The van der Waals surface area contributed by atoms with Crippen LogP contribution in [0, 0.1) is 13.8 Å².